The van der Waals surface area contributed by atoms with E-state index in [0.717, 1.165) is 31.2 Å². The highest BCUT2D eigenvalue weighted by Crippen LogP contribution is 2.52. The van der Waals surface area contributed by atoms with Gasteiger partial charge in [0.25, 0.3) is 5.56 Å². The van der Waals surface area contributed by atoms with Gasteiger partial charge >= 0.3 is 5.69 Å². The normalized spacial score (nSPS) is 28.4. The number of hydrogen-bond acceptors (Lipinski definition) is 7. The minimum absolute atomic E-state index is 0.337. The molecule has 9 nitrogen and oxygen atoms in total. The van der Waals surface area contributed by atoms with Gasteiger partial charge in [0, 0.05) is 35.7 Å². The van der Waals surface area contributed by atoms with Gasteiger partial charge < -0.3 is 18.6 Å². The quantitative estimate of drug-likeness (QED) is 0.643. The summed E-state index contributed by atoms with van der Waals surface area (Å²) in [7, 11) is 0. The Balaban J connectivity index is 1.37. The number of rotatable bonds is 3. The number of halogens is 1. The van der Waals surface area contributed by atoms with Crippen molar-refractivity contribution in [2.75, 3.05) is 0 Å². The van der Waals surface area contributed by atoms with Crippen LogP contribution in [0.4, 0.5) is 0 Å². The minimum Gasteiger partial charge on any atom is -0.445 e. The number of nitrogens with zero attached hydrogens (tertiary/aromatic N) is 2. The maximum Gasteiger partial charge on any atom is 0.330 e. The second kappa shape index (κ2) is 7.41. The number of nitrogens with one attached hydrogen (secondary N) is 1. The van der Waals surface area contributed by atoms with Crippen molar-refractivity contribution in [1.29, 1.82) is 0 Å². The summed E-state index contributed by atoms with van der Waals surface area (Å²) in [5.41, 5.74) is 0.430. The van der Waals surface area contributed by atoms with Crippen LogP contribution in [0.2, 0.25) is 5.02 Å². The predicted molar refractivity (Wildman–Crippen MR) is 112 cm³/mol. The van der Waals surface area contributed by atoms with Crippen LogP contribution >= 0.6 is 11.6 Å². The molecule has 1 N–H and O–H groups in total. The van der Waals surface area contributed by atoms with Crippen LogP contribution in [0.5, 0.6) is 0 Å². The zero-order valence-electron chi connectivity index (χ0n) is 16.9. The topological polar surface area (TPSA) is 109 Å². The molecule has 10 heteroatoms. The van der Waals surface area contributed by atoms with E-state index in [2.05, 4.69) is 9.97 Å². The van der Waals surface area contributed by atoms with Gasteiger partial charge in [-0.2, -0.15) is 0 Å². The van der Waals surface area contributed by atoms with Crippen LogP contribution in [0.3, 0.4) is 0 Å². The largest absolute Gasteiger partial charge is 0.445 e. The lowest BCUT2D eigenvalue weighted by Crippen LogP contribution is -2.37. The average molecular weight is 458 g/mol. The van der Waals surface area contributed by atoms with Gasteiger partial charge in [0.2, 0.25) is 5.89 Å². The van der Waals surface area contributed by atoms with E-state index >= 15 is 0 Å². The third kappa shape index (κ3) is 3.24. The Morgan fingerprint density at radius 3 is 2.56 bits per heavy atom. The molecular formula is C22H20ClN3O6. The number of aromatic amines is 1. The smallest absolute Gasteiger partial charge is 0.330 e. The average Bonchev–Trinajstić information content (AvgIpc) is 3.55. The maximum atomic E-state index is 12.5. The number of hydrogen-bond donors (Lipinski definition) is 1. The summed E-state index contributed by atoms with van der Waals surface area (Å²) < 4.78 is 26.1. The van der Waals surface area contributed by atoms with Gasteiger partial charge in [-0.05, 0) is 25.0 Å². The van der Waals surface area contributed by atoms with Gasteiger partial charge in [0.05, 0.1) is 0 Å². The first-order chi connectivity index (χ1) is 15.5. The van der Waals surface area contributed by atoms with Crippen LogP contribution in [-0.4, -0.2) is 32.5 Å². The molecular weight excluding hydrogens is 438 g/mol. The molecule has 1 aromatic carbocycles. The molecule has 0 radical (unpaired) electrons. The lowest BCUT2D eigenvalue weighted by Gasteiger charge is -2.26. The molecule has 1 spiro atoms. The highest BCUT2D eigenvalue weighted by molar-refractivity contribution is 6.30. The van der Waals surface area contributed by atoms with Crippen LogP contribution in [-0.2, 0) is 14.2 Å². The molecule has 0 amide bonds. The Kier molecular flexibility index (Phi) is 4.62. The Morgan fingerprint density at radius 2 is 1.81 bits per heavy atom. The van der Waals surface area contributed by atoms with Gasteiger partial charge in [0.15, 0.2) is 18.1 Å². The summed E-state index contributed by atoms with van der Waals surface area (Å²) in [6.07, 6.45) is 4.01. The van der Waals surface area contributed by atoms with E-state index in [9.17, 15) is 9.59 Å². The zero-order valence-corrected chi connectivity index (χ0v) is 17.7. The summed E-state index contributed by atoms with van der Waals surface area (Å²) in [5.74, 6) is -0.351. The third-order valence-electron chi connectivity index (χ3n) is 6.29. The first-order valence-electron chi connectivity index (χ1n) is 10.6. The second-order valence-corrected chi connectivity index (χ2v) is 8.76. The van der Waals surface area contributed by atoms with E-state index in [1.54, 1.807) is 18.4 Å². The Labute approximate surface area is 186 Å². The van der Waals surface area contributed by atoms with Crippen molar-refractivity contribution >= 4 is 11.6 Å². The summed E-state index contributed by atoms with van der Waals surface area (Å²) in [4.78, 5) is 30.9. The van der Waals surface area contributed by atoms with Crippen molar-refractivity contribution in [2.45, 2.75) is 56.0 Å². The molecule has 3 aromatic rings. The van der Waals surface area contributed by atoms with Gasteiger partial charge in [0.1, 0.15) is 24.2 Å². The molecule has 2 saturated heterocycles. The highest BCUT2D eigenvalue weighted by atomic mass is 35.5. The first-order valence-corrected chi connectivity index (χ1v) is 10.9. The molecule has 2 aliphatic heterocycles. The number of benzene rings is 1. The van der Waals surface area contributed by atoms with Crippen molar-refractivity contribution in [1.82, 2.24) is 14.5 Å². The van der Waals surface area contributed by atoms with Crippen LogP contribution in [0.1, 0.15) is 43.9 Å². The second-order valence-electron chi connectivity index (χ2n) is 8.33. The Hall–Kier alpha value is -2.72. The van der Waals surface area contributed by atoms with Crippen molar-refractivity contribution in [3.63, 3.8) is 0 Å². The first kappa shape index (κ1) is 19.9. The Morgan fingerprint density at radius 1 is 1.06 bits per heavy atom. The van der Waals surface area contributed by atoms with E-state index in [1.807, 2.05) is 12.1 Å². The summed E-state index contributed by atoms with van der Waals surface area (Å²) in [5, 5.41) is 0.631. The van der Waals surface area contributed by atoms with E-state index in [0.29, 0.717) is 16.6 Å². The van der Waals surface area contributed by atoms with Crippen LogP contribution in [0, 0.1) is 0 Å². The van der Waals surface area contributed by atoms with Crippen LogP contribution in [0.25, 0.3) is 11.3 Å². The van der Waals surface area contributed by atoms with Gasteiger partial charge in [-0.25, -0.2) is 9.78 Å². The van der Waals surface area contributed by atoms with E-state index in [1.165, 1.54) is 16.8 Å². The molecule has 6 rings (SSSR count). The maximum absolute atomic E-state index is 12.5. The molecule has 166 valence electrons. The molecule has 3 aliphatic rings. The lowest BCUT2D eigenvalue weighted by atomic mass is 10.1. The lowest BCUT2D eigenvalue weighted by molar-refractivity contribution is -0.216. The molecule has 4 atom stereocenters. The molecule has 1 aliphatic carbocycles. The SMILES string of the molecule is O=c1ccn([C@@H]2O[C@H](c3nc(-c4ccc(Cl)cc4)co3)[C@H]3OC4(CCCC4)O[C@H]32)c(=O)[nH]1. The van der Waals surface area contributed by atoms with Gasteiger partial charge in [-0.1, -0.05) is 23.7 Å². The summed E-state index contributed by atoms with van der Waals surface area (Å²) in [6.45, 7) is 0. The molecule has 1 saturated carbocycles. The van der Waals surface area contributed by atoms with Crippen molar-refractivity contribution < 1.29 is 18.6 Å². The molecule has 0 unspecified atom stereocenters. The fourth-order valence-electron chi connectivity index (χ4n) is 4.79. The molecule has 3 fully saturated rings. The fraction of sp³-hybridized carbons (Fsp3) is 0.409. The standard InChI is InChI=1S/C22H20ClN3O6/c23-13-5-3-12(4-6-13)14-11-29-19(24-14)17-16-18(32-22(31-16)8-1-2-9-22)20(30-17)26-10-7-15(27)25-21(26)28/h3-7,10-11,16-18,20H,1-2,8-9H2,(H,25,27,28)/t16-,17+,18-,20-/m1/s1. The van der Waals surface area contributed by atoms with Crippen molar-refractivity contribution in [3.8, 4) is 11.3 Å². The third-order valence-corrected chi connectivity index (χ3v) is 6.54. The van der Waals surface area contributed by atoms with Crippen molar-refractivity contribution in [2.24, 2.45) is 0 Å². The zero-order chi connectivity index (χ0) is 21.9. The molecule has 2 aromatic heterocycles. The summed E-state index contributed by atoms with van der Waals surface area (Å²) >= 11 is 5.98. The van der Waals surface area contributed by atoms with Crippen LogP contribution < -0.4 is 11.2 Å². The fourth-order valence-corrected chi connectivity index (χ4v) is 4.91. The van der Waals surface area contributed by atoms with E-state index in [-0.39, 0.29) is 0 Å². The molecule has 0 bridgehead atoms. The molecule has 4 heterocycles. The number of aromatic nitrogens is 3. The molecule has 32 heavy (non-hydrogen) atoms. The Bertz CT molecular complexity index is 1260. The number of oxazole rings is 1. The van der Waals surface area contributed by atoms with Gasteiger partial charge in [-0.3, -0.25) is 14.3 Å². The monoisotopic (exact) mass is 457 g/mol. The van der Waals surface area contributed by atoms with Crippen molar-refractivity contribution in [3.05, 3.63) is 74.5 Å². The summed E-state index contributed by atoms with van der Waals surface area (Å²) in [6, 6.07) is 8.55. The predicted octanol–water partition coefficient (Wildman–Crippen LogP) is 3.17. The van der Waals surface area contributed by atoms with Crippen LogP contribution in [0.15, 0.2) is 56.8 Å². The number of ether oxygens (including phenoxy) is 3. The van der Waals surface area contributed by atoms with E-state index in [4.69, 9.17) is 30.2 Å². The number of H-pyrrole nitrogens is 1. The highest BCUT2D eigenvalue weighted by Gasteiger charge is 2.61. The van der Waals surface area contributed by atoms with E-state index < -0.39 is 41.6 Å². The number of fused-ring (bicyclic) bond motifs is 1. The van der Waals surface area contributed by atoms with Gasteiger partial charge in [-0.15, -0.1) is 0 Å². The minimum atomic E-state index is -0.791.